The zero-order chi connectivity index (χ0) is 13.0. The van der Waals surface area contributed by atoms with Gasteiger partial charge in [0, 0.05) is 11.4 Å². The van der Waals surface area contributed by atoms with Gasteiger partial charge in [-0.15, -0.1) is 21.5 Å². The zero-order valence-corrected chi connectivity index (χ0v) is 11.3. The summed E-state index contributed by atoms with van der Waals surface area (Å²) in [5.74, 6) is 0.725. The van der Waals surface area contributed by atoms with Gasteiger partial charge in [0.25, 0.3) is 5.91 Å². The number of amides is 1. The molecule has 0 saturated carbocycles. The van der Waals surface area contributed by atoms with Crippen molar-refractivity contribution in [2.45, 2.75) is 33.4 Å². The van der Waals surface area contributed by atoms with Crippen molar-refractivity contribution in [3.05, 3.63) is 34.0 Å². The van der Waals surface area contributed by atoms with Crippen LogP contribution >= 0.6 is 11.3 Å². The number of aromatic nitrogens is 3. The topological polar surface area (TPSA) is 59.8 Å². The molecule has 2 aromatic rings. The molecule has 1 amide bonds. The van der Waals surface area contributed by atoms with E-state index in [1.807, 2.05) is 23.6 Å². The lowest BCUT2D eigenvalue weighted by atomic mass is 10.3. The van der Waals surface area contributed by atoms with E-state index in [4.69, 9.17) is 0 Å². The van der Waals surface area contributed by atoms with Gasteiger partial charge in [0.1, 0.15) is 6.33 Å². The highest BCUT2D eigenvalue weighted by atomic mass is 32.1. The Morgan fingerprint density at radius 2 is 2.28 bits per heavy atom. The van der Waals surface area contributed by atoms with Crippen molar-refractivity contribution in [2.24, 2.45) is 0 Å². The van der Waals surface area contributed by atoms with Gasteiger partial charge in [0.05, 0.1) is 11.4 Å². The van der Waals surface area contributed by atoms with Crippen molar-refractivity contribution in [3.8, 4) is 0 Å². The molecule has 0 aliphatic carbocycles. The summed E-state index contributed by atoms with van der Waals surface area (Å²) in [6.07, 6.45) is 2.63. The first-order chi connectivity index (χ1) is 8.74. The van der Waals surface area contributed by atoms with Crippen molar-refractivity contribution in [2.75, 3.05) is 0 Å². The molecule has 0 fully saturated rings. The Bertz CT molecular complexity index is 532. The normalized spacial score (nSPS) is 10.6. The maximum Gasteiger partial charge on any atom is 0.261 e. The molecule has 18 heavy (non-hydrogen) atoms. The number of hydrogen-bond donors (Lipinski definition) is 1. The van der Waals surface area contributed by atoms with Crippen LogP contribution in [-0.4, -0.2) is 20.7 Å². The van der Waals surface area contributed by atoms with Crippen LogP contribution in [0.1, 0.15) is 34.2 Å². The molecular weight excluding hydrogens is 248 g/mol. The Morgan fingerprint density at radius 1 is 1.44 bits per heavy atom. The van der Waals surface area contributed by atoms with Gasteiger partial charge in [0.2, 0.25) is 0 Å². The maximum atomic E-state index is 11.9. The van der Waals surface area contributed by atoms with Gasteiger partial charge in [0.15, 0.2) is 5.82 Å². The van der Waals surface area contributed by atoms with E-state index in [2.05, 4.69) is 22.4 Å². The molecule has 2 aromatic heterocycles. The molecule has 0 aromatic carbocycles. The fourth-order valence-corrected chi connectivity index (χ4v) is 2.48. The van der Waals surface area contributed by atoms with Crippen molar-refractivity contribution in [1.82, 2.24) is 20.1 Å². The van der Waals surface area contributed by atoms with Crippen LogP contribution in [-0.2, 0) is 19.5 Å². The Balaban J connectivity index is 1.96. The lowest BCUT2D eigenvalue weighted by Crippen LogP contribution is -2.23. The maximum absolute atomic E-state index is 11.9. The fourth-order valence-electron chi connectivity index (χ4n) is 1.62. The Hall–Kier alpha value is -1.69. The van der Waals surface area contributed by atoms with E-state index >= 15 is 0 Å². The average molecular weight is 264 g/mol. The van der Waals surface area contributed by atoms with Crippen LogP contribution in [0.15, 0.2) is 18.5 Å². The van der Waals surface area contributed by atoms with E-state index in [0.29, 0.717) is 6.54 Å². The smallest absolute Gasteiger partial charge is 0.261 e. The summed E-state index contributed by atoms with van der Waals surface area (Å²) < 4.78 is 1.91. The van der Waals surface area contributed by atoms with Gasteiger partial charge in [-0.1, -0.05) is 6.92 Å². The van der Waals surface area contributed by atoms with Crippen LogP contribution in [0.3, 0.4) is 0 Å². The first-order valence-electron chi connectivity index (χ1n) is 5.98. The number of thiophene rings is 1. The molecule has 5 nitrogen and oxygen atoms in total. The van der Waals surface area contributed by atoms with Crippen molar-refractivity contribution in [3.63, 3.8) is 0 Å². The zero-order valence-electron chi connectivity index (χ0n) is 10.5. The largest absolute Gasteiger partial charge is 0.344 e. The summed E-state index contributed by atoms with van der Waals surface area (Å²) in [7, 11) is 0. The monoisotopic (exact) mass is 264 g/mol. The molecular formula is C12H16N4OS. The van der Waals surface area contributed by atoms with Crippen LogP contribution in [0.2, 0.25) is 0 Å². The van der Waals surface area contributed by atoms with Crippen molar-refractivity contribution in [1.29, 1.82) is 0 Å². The summed E-state index contributed by atoms with van der Waals surface area (Å²) in [5.41, 5.74) is 0. The Labute approximate surface area is 110 Å². The third kappa shape index (κ3) is 2.76. The third-order valence-electron chi connectivity index (χ3n) is 2.68. The standard InChI is InChI=1S/C12H16N4OS/c1-3-9-5-6-10(18-9)12(17)13-7-11-15-14-8-16(11)4-2/h5-6,8H,3-4,7H2,1-2H3,(H,13,17). The number of rotatable bonds is 5. The van der Waals surface area contributed by atoms with Crippen LogP contribution < -0.4 is 5.32 Å². The first kappa shape index (κ1) is 12.8. The molecule has 0 radical (unpaired) electrons. The van der Waals surface area contributed by atoms with E-state index < -0.39 is 0 Å². The number of carbonyl (C=O) groups excluding carboxylic acids is 1. The summed E-state index contributed by atoms with van der Waals surface area (Å²) in [5, 5.41) is 10.7. The van der Waals surface area contributed by atoms with E-state index in [1.165, 1.54) is 16.2 Å². The number of nitrogens with one attached hydrogen (secondary N) is 1. The molecule has 0 saturated heterocycles. The molecule has 1 N–H and O–H groups in total. The summed E-state index contributed by atoms with van der Waals surface area (Å²) in [6.45, 7) is 5.31. The fraction of sp³-hybridized carbons (Fsp3) is 0.417. The number of hydrogen-bond acceptors (Lipinski definition) is 4. The average Bonchev–Trinajstić information content (AvgIpc) is 3.04. The SMILES string of the molecule is CCc1ccc(C(=O)NCc2nncn2CC)s1. The number of carbonyl (C=O) groups is 1. The summed E-state index contributed by atoms with van der Waals surface area (Å²) in [4.78, 5) is 13.9. The second-order valence-corrected chi connectivity index (χ2v) is 5.00. The molecule has 0 aliphatic heterocycles. The van der Waals surface area contributed by atoms with Crippen LogP contribution in [0.4, 0.5) is 0 Å². The molecule has 2 rings (SSSR count). The van der Waals surface area contributed by atoms with Gasteiger partial charge >= 0.3 is 0 Å². The highest BCUT2D eigenvalue weighted by molar-refractivity contribution is 7.14. The Morgan fingerprint density at radius 3 is 2.94 bits per heavy atom. The molecule has 0 bridgehead atoms. The predicted molar refractivity (Wildman–Crippen MR) is 70.6 cm³/mol. The molecule has 0 spiro atoms. The lowest BCUT2D eigenvalue weighted by molar-refractivity contribution is 0.0953. The molecule has 2 heterocycles. The van der Waals surface area contributed by atoms with Gasteiger partial charge in [-0.2, -0.15) is 0 Å². The summed E-state index contributed by atoms with van der Waals surface area (Å²) >= 11 is 1.53. The van der Waals surface area contributed by atoms with Crippen molar-refractivity contribution >= 4 is 17.2 Å². The van der Waals surface area contributed by atoms with Crippen molar-refractivity contribution < 1.29 is 4.79 Å². The second kappa shape index (κ2) is 5.77. The minimum Gasteiger partial charge on any atom is -0.344 e. The van der Waals surface area contributed by atoms with E-state index in [-0.39, 0.29) is 5.91 Å². The third-order valence-corrected chi connectivity index (χ3v) is 3.91. The quantitative estimate of drug-likeness (QED) is 0.896. The Kier molecular flexibility index (Phi) is 4.09. The molecule has 0 unspecified atom stereocenters. The lowest BCUT2D eigenvalue weighted by Gasteiger charge is -2.04. The first-order valence-corrected chi connectivity index (χ1v) is 6.79. The van der Waals surface area contributed by atoms with E-state index in [0.717, 1.165) is 23.7 Å². The van der Waals surface area contributed by atoms with Gasteiger partial charge in [-0.25, -0.2) is 0 Å². The minimum absolute atomic E-state index is 0.0506. The highest BCUT2D eigenvalue weighted by Crippen LogP contribution is 2.16. The summed E-state index contributed by atoms with van der Waals surface area (Å²) in [6, 6.07) is 3.86. The molecule has 96 valence electrons. The van der Waals surface area contributed by atoms with Gasteiger partial charge < -0.3 is 9.88 Å². The number of nitrogens with zero attached hydrogens (tertiary/aromatic N) is 3. The minimum atomic E-state index is -0.0506. The van der Waals surface area contributed by atoms with E-state index in [9.17, 15) is 4.79 Å². The van der Waals surface area contributed by atoms with Gasteiger partial charge in [-0.05, 0) is 25.5 Å². The second-order valence-electron chi connectivity index (χ2n) is 3.84. The van der Waals surface area contributed by atoms with Crippen LogP contribution in [0.5, 0.6) is 0 Å². The predicted octanol–water partition coefficient (Wildman–Crippen LogP) is 1.85. The van der Waals surface area contributed by atoms with Gasteiger partial charge in [-0.3, -0.25) is 4.79 Å². The highest BCUT2D eigenvalue weighted by Gasteiger charge is 2.10. The number of aryl methyl sites for hydroxylation is 2. The van der Waals surface area contributed by atoms with E-state index in [1.54, 1.807) is 6.33 Å². The molecule has 0 atom stereocenters. The van der Waals surface area contributed by atoms with Crippen LogP contribution in [0.25, 0.3) is 0 Å². The van der Waals surface area contributed by atoms with Crippen LogP contribution in [0, 0.1) is 0 Å². The molecule has 6 heteroatoms. The molecule has 0 aliphatic rings.